The van der Waals surface area contributed by atoms with Gasteiger partial charge in [0, 0.05) is 25.3 Å². The smallest absolute Gasteiger partial charge is 0.143 e. The van der Waals surface area contributed by atoms with Crippen molar-refractivity contribution in [3.05, 3.63) is 22.3 Å². The Labute approximate surface area is 105 Å². The number of anilines is 1. The molecular weight excluding hydrogens is 266 g/mol. The van der Waals surface area contributed by atoms with E-state index in [0.717, 1.165) is 16.8 Å². The van der Waals surface area contributed by atoms with Crippen LogP contribution in [0.4, 0.5) is 5.82 Å². The van der Waals surface area contributed by atoms with Gasteiger partial charge in [-0.05, 0) is 46.8 Å². The second-order valence-corrected chi connectivity index (χ2v) is 5.32. The quantitative estimate of drug-likeness (QED) is 0.906. The second-order valence-electron chi connectivity index (χ2n) is 4.53. The van der Waals surface area contributed by atoms with E-state index in [1.807, 2.05) is 12.3 Å². The molecule has 1 aliphatic heterocycles. The Balaban J connectivity index is 2.34. The van der Waals surface area contributed by atoms with Gasteiger partial charge in [0.05, 0.1) is 4.47 Å². The van der Waals surface area contributed by atoms with Gasteiger partial charge in [-0.3, -0.25) is 0 Å². The largest absolute Gasteiger partial charge is 0.351 e. The molecule has 2 atom stereocenters. The summed E-state index contributed by atoms with van der Waals surface area (Å²) < 4.78 is 1.10. The van der Waals surface area contributed by atoms with Crippen molar-refractivity contribution in [3.63, 3.8) is 0 Å². The molecule has 4 heteroatoms. The maximum atomic E-state index is 5.86. The minimum Gasteiger partial charge on any atom is -0.351 e. The Hall–Kier alpha value is -0.610. The van der Waals surface area contributed by atoms with E-state index < -0.39 is 0 Å². The fourth-order valence-corrected chi connectivity index (χ4v) is 2.82. The third-order valence-electron chi connectivity index (χ3n) is 3.46. The van der Waals surface area contributed by atoms with E-state index in [1.165, 1.54) is 12.0 Å². The first-order valence-electron chi connectivity index (χ1n) is 5.73. The average Bonchev–Trinajstić information content (AvgIpc) is 2.63. The maximum absolute atomic E-state index is 5.86. The Bertz CT molecular complexity index is 381. The molecule has 0 spiro atoms. The molecule has 0 amide bonds. The summed E-state index contributed by atoms with van der Waals surface area (Å²) in [7, 11) is 0. The monoisotopic (exact) mass is 283 g/mol. The van der Waals surface area contributed by atoms with Gasteiger partial charge < -0.3 is 10.6 Å². The first-order chi connectivity index (χ1) is 7.65. The van der Waals surface area contributed by atoms with Crippen LogP contribution in [-0.4, -0.2) is 24.1 Å². The SMILES string of the molecule is Cc1ccnc(N2CCC(C)C2CN)c1Br. The lowest BCUT2D eigenvalue weighted by molar-refractivity contribution is 0.517. The molecule has 0 aromatic carbocycles. The van der Waals surface area contributed by atoms with Gasteiger partial charge in [0.15, 0.2) is 0 Å². The Morgan fingerprint density at radius 2 is 2.38 bits per heavy atom. The van der Waals surface area contributed by atoms with Crippen molar-refractivity contribution in [2.24, 2.45) is 11.7 Å². The van der Waals surface area contributed by atoms with Crippen LogP contribution >= 0.6 is 15.9 Å². The Kier molecular flexibility index (Phi) is 3.50. The van der Waals surface area contributed by atoms with Crippen molar-refractivity contribution in [2.75, 3.05) is 18.0 Å². The summed E-state index contributed by atoms with van der Waals surface area (Å²) in [6.45, 7) is 6.11. The summed E-state index contributed by atoms with van der Waals surface area (Å²) in [5.41, 5.74) is 7.08. The van der Waals surface area contributed by atoms with Crippen LogP contribution in [0.15, 0.2) is 16.7 Å². The topological polar surface area (TPSA) is 42.2 Å². The van der Waals surface area contributed by atoms with Crippen molar-refractivity contribution >= 4 is 21.7 Å². The molecule has 0 aliphatic carbocycles. The molecule has 3 nitrogen and oxygen atoms in total. The van der Waals surface area contributed by atoms with E-state index in [9.17, 15) is 0 Å². The predicted octanol–water partition coefficient (Wildman–Crippen LogP) is 2.33. The van der Waals surface area contributed by atoms with Crippen LogP contribution in [-0.2, 0) is 0 Å². The van der Waals surface area contributed by atoms with Gasteiger partial charge in [0.2, 0.25) is 0 Å². The molecule has 1 aromatic rings. The first-order valence-corrected chi connectivity index (χ1v) is 6.52. The van der Waals surface area contributed by atoms with E-state index in [-0.39, 0.29) is 0 Å². The molecule has 0 saturated carbocycles. The van der Waals surface area contributed by atoms with Crippen molar-refractivity contribution in [3.8, 4) is 0 Å². The first kappa shape index (κ1) is 11.9. The molecule has 1 aliphatic rings. The number of rotatable bonds is 2. The molecule has 2 unspecified atom stereocenters. The fraction of sp³-hybridized carbons (Fsp3) is 0.583. The fourth-order valence-electron chi connectivity index (χ4n) is 2.36. The second kappa shape index (κ2) is 4.72. The normalized spacial score (nSPS) is 25.1. The van der Waals surface area contributed by atoms with Crippen LogP contribution in [0.25, 0.3) is 0 Å². The average molecular weight is 284 g/mol. The van der Waals surface area contributed by atoms with Crippen molar-refractivity contribution in [1.82, 2.24) is 4.98 Å². The highest BCUT2D eigenvalue weighted by atomic mass is 79.9. The standard InChI is InChI=1S/C12H18BrN3/c1-8-4-6-16(10(8)7-14)12-11(13)9(2)3-5-15-12/h3,5,8,10H,4,6-7,14H2,1-2H3. The molecule has 16 heavy (non-hydrogen) atoms. The summed E-state index contributed by atoms with van der Waals surface area (Å²) in [6, 6.07) is 2.44. The third-order valence-corrected chi connectivity index (χ3v) is 4.44. The van der Waals surface area contributed by atoms with Gasteiger partial charge in [-0.1, -0.05) is 6.92 Å². The number of aromatic nitrogens is 1. The molecule has 1 fully saturated rings. The molecule has 1 aromatic heterocycles. The number of aryl methyl sites for hydroxylation is 1. The van der Waals surface area contributed by atoms with Gasteiger partial charge >= 0.3 is 0 Å². The van der Waals surface area contributed by atoms with Crippen molar-refractivity contribution in [2.45, 2.75) is 26.3 Å². The van der Waals surface area contributed by atoms with Crippen molar-refractivity contribution < 1.29 is 0 Å². The summed E-state index contributed by atoms with van der Waals surface area (Å²) in [5.74, 6) is 1.69. The zero-order valence-electron chi connectivity index (χ0n) is 9.78. The molecule has 0 radical (unpaired) electrons. The van der Waals surface area contributed by atoms with Crippen LogP contribution in [0.2, 0.25) is 0 Å². The van der Waals surface area contributed by atoms with Crippen LogP contribution in [0.3, 0.4) is 0 Å². The van der Waals surface area contributed by atoms with E-state index in [0.29, 0.717) is 18.5 Å². The van der Waals surface area contributed by atoms with Gasteiger partial charge in [-0.25, -0.2) is 4.98 Å². The molecular formula is C12H18BrN3. The summed E-state index contributed by atoms with van der Waals surface area (Å²) in [5, 5.41) is 0. The molecule has 2 rings (SSSR count). The lowest BCUT2D eigenvalue weighted by Gasteiger charge is -2.27. The van der Waals surface area contributed by atoms with Crippen LogP contribution < -0.4 is 10.6 Å². The molecule has 0 bridgehead atoms. The van der Waals surface area contributed by atoms with E-state index in [4.69, 9.17) is 5.73 Å². The molecule has 88 valence electrons. The van der Waals surface area contributed by atoms with Crippen LogP contribution in [0.1, 0.15) is 18.9 Å². The van der Waals surface area contributed by atoms with Gasteiger partial charge in [-0.15, -0.1) is 0 Å². The summed E-state index contributed by atoms with van der Waals surface area (Å²) in [6.07, 6.45) is 3.07. The van der Waals surface area contributed by atoms with Crippen LogP contribution in [0, 0.1) is 12.8 Å². The molecule has 1 saturated heterocycles. The number of pyridine rings is 1. The van der Waals surface area contributed by atoms with Gasteiger partial charge in [0.25, 0.3) is 0 Å². The van der Waals surface area contributed by atoms with Crippen LogP contribution in [0.5, 0.6) is 0 Å². The lowest BCUT2D eigenvalue weighted by Crippen LogP contribution is -2.39. The summed E-state index contributed by atoms with van der Waals surface area (Å²) >= 11 is 3.62. The number of nitrogens with zero attached hydrogens (tertiary/aromatic N) is 2. The Morgan fingerprint density at radius 3 is 3.06 bits per heavy atom. The van der Waals surface area contributed by atoms with Gasteiger partial charge in [0.1, 0.15) is 5.82 Å². The predicted molar refractivity (Wildman–Crippen MR) is 70.6 cm³/mol. The lowest BCUT2D eigenvalue weighted by atomic mass is 10.0. The summed E-state index contributed by atoms with van der Waals surface area (Å²) in [4.78, 5) is 6.81. The Morgan fingerprint density at radius 1 is 1.62 bits per heavy atom. The highest BCUT2D eigenvalue weighted by molar-refractivity contribution is 9.10. The highest BCUT2D eigenvalue weighted by Crippen LogP contribution is 2.33. The number of hydrogen-bond acceptors (Lipinski definition) is 3. The maximum Gasteiger partial charge on any atom is 0.143 e. The van der Waals surface area contributed by atoms with E-state index in [2.05, 4.69) is 39.7 Å². The zero-order valence-corrected chi connectivity index (χ0v) is 11.4. The highest BCUT2D eigenvalue weighted by Gasteiger charge is 2.31. The number of hydrogen-bond donors (Lipinski definition) is 1. The molecule has 2 heterocycles. The third kappa shape index (κ3) is 1.96. The zero-order chi connectivity index (χ0) is 11.7. The minimum atomic E-state index is 0.422. The molecule has 2 N–H and O–H groups in total. The van der Waals surface area contributed by atoms with Gasteiger partial charge in [-0.2, -0.15) is 0 Å². The van der Waals surface area contributed by atoms with Crippen molar-refractivity contribution in [1.29, 1.82) is 0 Å². The van der Waals surface area contributed by atoms with E-state index >= 15 is 0 Å². The number of halogens is 1. The van der Waals surface area contributed by atoms with E-state index in [1.54, 1.807) is 0 Å². The number of nitrogens with two attached hydrogens (primary N) is 1. The minimum absolute atomic E-state index is 0.422.